The summed E-state index contributed by atoms with van der Waals surface area (Å²) in [6.07, 6.45) is 4.66. The second kappa shape index (κ2) is 6.04. The first-order valence-corrected chi connectivity index (χ1v) is 8.33. The highest BCUT2D eigenvalue weighted by Gasteiger charge is 2.16. The molecule has 0 radical (unpaired) electrons. The molecule has 0 aliphatic heterocycles. The first kappa shape index (κ1) is 14.8. The number of ether oxygens (including phenoxy) is 1. The lowest BCUT2D eigenvalue weighted by atomic mass is 9.95. The maximum atomic E-state index is 12.6. The van der Waals surface area contributed by atoms with Gasteiger partial charge >= 0.3 is 0 Å². The zero-order chi connectivity index (χ0) is 16.5. The minimum Gasteiger partial charge on any atom is -0.497 e. The number of H-pyrrole nitrogens is 1. The average molecular weight is 320 g/mol. The number of anilines is 1. The predicted octanol–water partition coefficient (Wildman–Crippen LogP) is 4.31. The van der Waals surface area contributed by atoms with Crippen molar-refractivity contribution in [1.82, 2.24) is 4.98 Å². The van der Waals surface area contributed by atoms with Crippen molar-refractivity contribution >= 4 is 22.5 Å². The molecule has 24 heavy (non-hydrogen) atoms. The summed E-state index contributed by atoms with van der Waals surface area (Å²) in [5.41, 5.74) is 5.25. The van der Waals surface area contributed by atoms with Gasteiger partial charge in [0.2, 0.25) is 0 Å². The smallest absolute Gasteiger partial charge is 0.255 e. The molecule has 4 nitrogen and oxygen atoms in total. The van der Waals surface area contributed by atoms with Crippen molar-refractivity contribution in [1.29, 1.82) is 0 Å². The van der Waals surface area contributed by atoms with Gasteiger partial charge in [-0.15, -0.1) is 0 Å². The van der Waals surface area contributed by atoms with E-state index < -0.39 is 0 Å². The molecule has 0 bridgehead atoms. The van der Waals surface area contributed by atoms with Crippen molar-refractivity contribution < 1.29 is 9.53 Å². The molecule has 0 atom stereocenters. The summed E-state index contributed by atoms with van der Waals surface area (Å²) in [6.45, 7) is 0. The summed E-state index contributed by atoms with van der Waals surface area (Å²) in [6, 6.07) is 13.3. The Bertz CT molecular complexity index is 911. The Kier molecular flexibility index (Phi) is 3.73. The second-order valence-electron chi connectivity index (χ2n) is 6.24. The summed E-state index contributed by atoms with van der Waals surface area (Å²) in [5.74, 6) is 0.624. The standard InChI is InChI=1S/C20H20N2O2/c1-24-15-6-4-5-14(12-15)21-20(23)13-9-10-19-17(11-13)16-7-2-3-8-18(16)22-19/h4-6,9-12,22H,2-3,7-8H2,1H3,(H,21,23). The molecule has 2 aromatic carbocycles. The van der Waals surface area contributed by atoms with Gasteiger partial charge in [-0.2, -0.15) is 0 Å². The molecule has 1 amide bonds. The number of methoxy groups -OCH3 is 1. The number of nitrogens with one attached hydrogen (secondary N) is 2. The number of aromatic nitrogens is 1. The highest BCUT2D eigenvalue weighted by atomic mass is 16.5. The van der Waals surface area contributed by atoms with Crippen LogP contribution in [0.1, 0.15) is 34.5 Å². The van der Waals surface area contributed by atoms with Crippen LogP contribution in [-0.4, -0.2) is 18.0 Å². The summed E-state index contributed by atoms with van der Waals surface area (Å²) < 4.78 is 5.20. The summed E-state index contributed by atoms with van der Waals surface area (Å²) in [4.78, 5) is 16.1. The Labute approximate surface area is 140 Å². The fourth-order valence-corrected chi connectivity index (χ4v) is 3.45. The first-order chi connectivity index (χ1) is 11.7. The van der Waals surface area contributed by atoms with Gasteiger partial charge in [-0.25, -0.2) is 0 Å². The molecule has 0 fully saturated rings. The van der Waals surface area contributed by atoms with Crippen LogP contribution in [0, 0.1) is 0 Å². The molecule has 0 saturated heterocycles. The SMILES string of the molecule is COc1cccc(NC(=O)c2ccc3[nH]c4c(c3c2)CCCC4)c1. The van der Waals surface area contributed by atoms with Crippen LogP contribution in [0.4, 0.5) is 5.69 Å². The van der Waals surface area contributed by atoms with Gasteiger partial charge in [0.05, 0.1) is 7.11 Å². The van der Waals surface area contributed by atoms with Crippen LogP contribution in [-0.2, 0) is 12.8 Å². The van der Waals surface area contributed by atoms with Gasteiger partial charge in [0, 0.05) is 33.9 Å². The maximum absolute atomic E-state index is 12.6. The number of rotatable bonds is 3. The van der Waals surface area contributed by atoms with E-state index in [-0.39, 0.29) is 5.91 Å². The molecule has 4 heteroatoms. The number of carbonyl (C=O) groups excluding carboxylic acids is 1. The molecular weight excluding hydrogens is 300 g/mol. The largest absolute Gasteiger partial charge is 0.497 e. The second-order valence-corrected chi connectivity index (χ2v) is 6.24. The van der Waals surface area contributed by atoms with Crippen LogP contribution in [0.25, 0.3) is 10.9 Å². The van der Waals surface area contributed by atoms with Crippen molar-refractivity contribution in [2.24, 2.45) is 0 Å². The number of hydrogen-bond donors (Lipinski definition) is 2. The van der Waals surface area contributed by atoms with Crippen molar-refractivity contribution in [3.05, 3.63) is 59.3 Å². The van der Waals surface area contributed by atoms with E-state index in [1.54, 1.807) is 7.11 Å². The molecule has 2 N–H and O–H groups in total. The lowest BCUT2D eigenvalue weighted by Gasteiger charge is -2.11. The van der Waals surface area contributed by atoms with Gasteiger partial charge in [-0.05, 0) is 61.6 Å². The van der Waals surface area contributed by atoms with Gasteiger partial charge in [-0.3, -0.25) is 4.79 Å². The third-order valence-electron chi connectivity index (χ3n) is 4.69. The van der Waals surface area contributed by atoms with Gasteiger partial charge in [0.15, 0.2) is 0 Å². The predicted molar refractivity (Wildman–Crippen MR) is 95.9 cm³/mol. The van der Waals surface area contributed by atoms with Crippen LogP contribution < -0.4 is 10.1 Å². The monoisotopic (exact) mass is 320 g/mol. The topological polar surface area (TPSA) is 54.1 Å². The van der Waals surface area contributed by atoms with Crippen LogP contribution in [0.2, 0.25) is 0 Å². The minimum absolute atomic E-state index is 0.101. The first-order valence-electron chi connectivity index (χ1n) is 8.33. The highest BCUT2D eigenvalue weighted by molar-refractivity contribution is 6.06. The van der Waals surface area contributed by atoms with E-state index in [0.29, 0.717) is 5.56 Å². The van der Waals surface area contributed by atoms with Crippen molar-refractivity contribution in [3.63, 3.8) is 0 Å². The van der Waals surface area contributed by atoms with E-state index in [2.05, 4.69) is 10.3 Å². The quantitative estimate of drug-likeness (QED) is 0.755. The normalized spacial score (nSPS) is 13.5. The summed E-state index contributed by atoms with van der Waals surface area (Å²) in [7, 11) is 1.61. The number of benzene rings is 2. The van der Waals surface area contributed by atoms with Crippen LogP contribution >= 0.6 is 0 Å². The Morgan fingerprint density at radius 3 is 2.88 bits per heavy atom. The minimum atomic E-state index is -0.101. The zero-order valence-electron chi connectivity index (χ0n) is 13.7. The Balaban J connectivity index is 1.64. The number of aryl methyl sites for hydroxylation is 2. The van der Waals surface area contributed by atoms with E-state index in [1.165, 1.54) is 29.5 Å². The van der Waals surface area contributed by atoms with Crippen molar-refractivity contribution in [2.45, 2.75) is 25.7 Å². The van der Waals surface area contributed by atoms with E-state index in [0.717, 1.165) is 29.8 Å². The molecule has 0 unspecified atom stereocenters. The lowest BCUT2D eigenvalue weighted by Crippen LogP contribution is -2.11. The van der Waals surface area contributed by atoms with Gasteiger partial charge in [-0.1, -0.05) is 6.07 Å². The Morgan fingerprint density at radius 2 is 2.00 bits per heavy atom. The number of fused-ring (bicyclic) bond motifs is 3. The van der Waals surface area contributed by atoms with Gasteiger partial charge in [0.25, 0.3) is 5.91 Å². The Hall–Kier alpha value is -2.75. The van der Waals surface area contributed by atoms with Crippen LogP contribution in [0.3, 0.4) is 0 Å². The molecule has 0 saturated carbocycles. The van der Waals surface area contributed by atoms with Gasteiger partial charge in [0.1, 0.15) is 5.75 Å². The van der Waals surface area contributed by atoms with Crippen molar-refractivity contribution in [2.75, 3.05) is 12.4 Å². The number of amides is 1. The van der Waals surface area contributed by atoms with E-state index >= 15 is 0 Å². The van der Waals surface area contributed by atoms with Crippen LogP contribution in [0.15, 0.2) is 42.5 Å². The highest BCUT2D eigenvalue weighted by Crippen LogP contribution is 2.30. The molecular formula is C20H20N2O2. The Morgan fingerprint density at radius 1 is 1.12 bits per heavy atom. The zero-order valence-corrected chi connectivity index (χ0v) is 13.7. The summed E-state index contributed by atoms with van der Waals surface area (Å²) in [5, 5.41) is 4.12. The third kappa shape index (κ3) is 2.64. The fourth-order valence-electron chi connectivity index (χ4n) is 3.45. The molecule has 0 spiro atoms. The third-order valence-corrected chi connectivity index (χ3v) is 4.69. The lowest BCUT2D eigenvalue weighted by molar-refractivity contribution is 0.102. The van der Waals surface area contributed by atoms with Crippen LogP contribution in [0.5, 0.6) is 5.75 Å². The average Bonchev–Trinajstić information content (AvgIpc) is 2.99. The molecule has 1 heterocycles. The molecule has 1 aliphatic rings. The molecule has 4 rings (SSSR count). The molecule has 1 aromatic heterocycles. The van der Waals surface area contributed by atoms with Crippen molar-refractivity contribution in [3.8, 4) is 5.75 Å². The number of carbonyl (C=O) groups is 1. The molecule has 1 aliphatic carbocycles. The number of hydrogen-bond acceptors (Lipinski definition) is 2. The molecule has 122 valence electrons. The number of aromatic amines is 1. The van der Waals surface area contributed by atoms with E-state index in [9.17, 15) is 4.79 Å². The van der Waals surface area contributed by atoms with E-state index in [1.807, 2.05) is 42.5 Å². The van der Waals surface area contributed by atoms with E-state index in [4.69, 9.17) is 4.74 Å². The fraction of sp³-hybridized carbons (Fsp3) is 0.250. The maximum Gasteiger partial charge on any atom is 0.255 e. The molecule has 3 aromatic rings. The summed E-state index contributed by atoms with van der Waals surface area (Å²) >= 11 is 0. The van der Waals surface area contributed by atoms with Gasteiger partial charge < -0.3 is 15.0 Å².